The zero-order valence-corrected chi connectivity index (χ0v) is 12.5. The first kappa shape index (κ1) is 14.7. The van der Waals surface area contributed by atoms with Gasteiger partial charge in [-0.2, -0.15) is 0 Å². The van der Waals surface area contributed by atoms with Crippen LogP contribution in [0.5, 0.6) is 0 Å². The molecular weight excluding hydrogens is 277 g/mol. The Bertz CT molecular complexity index is 614. The molecule has 0 radical (unpaired) electrons. The highest BCUT2D eigenvalue weighted by Gasteiger charge is 2.10. The molecule has 3 nitrogen and oxygen atoms in total. The maximum atomic E-state index is 13.6. The lowest BCUT2D eigenvalue weighted by Crippen LogP contribution is -2.03. The number of anilines is 1. The van der Waals surface area contributed by atoms with E-state index in [1.54, 1.807) is 13.1 Å². The lowest BCUT2D eigenvalue weighted by atomic mass is 10.1. The van der Waals surface area contributed by atoms with Gasteiger partial charge in [-0.05, 0) is 30.5 Å². The molecule has 0 spiro atoms. The highest BCUT2D eigenvalue weighted by Crippen LogP contribution is 2.23. The normalized spacial score (nSPS) is 10.9. The minimum Gasteiger partial charge on any atom is -0.373 e. The van der Waals surface area contributed by atoms with Crippen LogP contribution in [-0.2, 0) is 6.42 Å². The van der Waals surface area contributed by atoms with Crippen molar-refractivity contribution < 1.29 is 4.39 Å². The van der Waals surface area contributed by atoms with Crippen LogP contribution in [0, 0.1) is 11.7 Å². The lowest BCUT2D eigenvalue weighted by Gasteiger charge is -2.10. The summed E-state index contributed by atoms with van der Waals surface area (Å²) in [5.74, 6) is 1.25. The minimum atomic E-state index is -0.465. The van der Waals surface area contributed by atoms with Gasteiger partial charge >= 0.3 is 0 Å². The number of nitrogens with zero attached hydrogens (tertiary/aromatic N) is 2. The molecular formula is C15H17ClFN3. The molecule has 0 atom stereocenters. The quantitative estimate of drug-likeness (QED) is 0.919. The molecule has 0 aliphatic rings. The van der Waals surface area contributed by atoms with Gasteiger partial charge in [0.1, 0.15) is 11.6 Å². The Morgan fingerprint density at radius 2 is 2.00 bits per heavy atom. The number of halogens is 2. The third kappa shape index (κ3) is 3.45. The van der Waals surface area contributed by atoms with Gasteiger partial charge in [0.25, 0.3) is 0 Å². The monoisotopic (exact) mass is 293 g/mol. The molecule has 0 saturated heterocycles. The van der Waals surface area contributed by atoms with E-state index in [4.69, 9.17) is 11.6 Å². The molecule has 0 aliphatic carbocycles. The second-order valence-electron chi connectivity index (χ2n) is 5.04. The molecule has 0 amide bonds. The van der Waals surface area contributed by atoms with Gasteiger partial charge in [-0.15, -0.1) is 0 Å². The maximum absolute atomic E-state index is 13.6. The van der Waals surface area contributed by atoms with Crippen molar-refractivity contribution in [3.63, 3.8) is 0 Å². The summed E-state index contributed by atoms with van der Waals surface area (Å²) in [5, 5.41) is 3.10. The molecule has 1 N–H and O–H groups in total. The summed E-state index contributed by atoms with van der Waals surface area (Å²) < 4.78 is 13.6. The van der Waals surface area contributed by atoms with Crippen LogP contribution in [0.25, 0.3) is 11.4 Å². The first-order valence-corrected chi connectivity index (χ1v) is 6.88. The van der Waals surface area contributed by atoms with E-state index in [2.05, 4.69) is 29.1 Å². The van der Waals surface area contributed by atoms with Gasteiger partial charge in [0.15, 0.2) is 5.82 Å². The Hall–Kier alpha value is -1.68. The van der Waals surface area contributed by atoms with Gasteiger partial charge in [-0.1, -0.05) is 25.4 Å². The van der Waals surface area contributed by atoms with Crippen molar-refractivity contribution in [1.29, 1.82) is 0 Å². The number of benzene rings is 1. The molecule has 1 aromatic heterocycles. The molecule has 2 rings (SSSR count). The van der Waals surface area contributed by atoms with Gasteiger partial charge in [-0.25, -0.2) is 14.4 Å². The summed E-state index contributed by atoms with van der Waals surface area (Å²) in [6, 6.07) is 6.51. The zero-order chi connectivity index (χ0) is 14.7. The SMILES string of the molecule is CNc1cc(CC(C)C)nc(-c2ccc(Cl)c(F)c2)n1. The van der Waals surface area contributed by atoms with Crippen molar-refractivity contribution in [2.24, 2.45) is 5.92 Å². The van der Waals surface area contributed by atoms with Crippen LogP contribution in [0.2, 0.25) is 5.02 Å². The van der Waals surface area contributed by atoms with Crippen molar-refractivity contribution >= 4 is 17.4 Å². The van der Waals surface area contributed by atoms with Crippen molar-refractivity contribution in [1.82, 2.24) is 9.97 Å². The van der Waals surface area contributed by atoms with Gasteiger partial charge in [0.05, 0.1) is 5.02 Å². The standard InChI is InChI=1S/C15H17ClFN3/c1-9(2)6-11-8-14(18-3)20-15(19-11)10-4-5-12(16)13(17)7-10/h4-5,7-9H,6H2,1-3H3,(H,18,19,20). The summed E-state index contributed by atoms with van der Waals surface area (Å²) in [7, 11) is 1.80. The predicted molar refractivity (Wildman–Crippen MR) is 80.5 cm³/mol. The highest BCUT2D eigenvalue weighted by atomic mass is 35.5. The van der Waals surface area contributed by atoms with E-state index >= 15 is 0 Å². The number of rotatable bonds is 4. The number of hydrogen-bond donors (Lipinski definition) is 1. The number of hydrogen-bond acceptors (Lipinski definition) is 3. The number of nitrogens with one attached hydrogen (secondary N) is 1. The second kappa shape index (κ2) is 6.18. The van der Waals surface area contributed by atoms with E-state index in [1.807, 2.05) is 6.07 Å². The zero-order valence-electron chi connectivity index (χ0n) is 11.7. The van der Waals surface area contributed by atoms with E-state index in [9.17, 15) is 4.39 Å². The molecule has 20 heavy (non-hydrogen) atoms. The Labute approximate surface area is 123 Å². The van der Waals surface area contributed by atoms with Gasteiger partial charge in [0, 0.05) is 24.4 Å². The Morgan fingerprint density at radius 1 is 1.25 bits per heavy atom. The van der Waals surface area contributed by atoms with Gasteiger partial charge in [0.2, 0.25) is 0 Å². The fourth-order valence-electron chi connectivity index (χ4n) is 1.91. The van der Waals surface area contributed by atoms with E-state index < -0.39 is 5.82 Å². The van der Waals surface area contributed by atoms with Crippen LogP contribution in [0.4, 0.5) is 10.2 Å². The molecule has 5 heteroatoms. The van der Waals surface area contributed by atoms with Crippen molar-refractivity contribution in [3.8, 4) is 11.4 Å². The third-order valence-corrected chi connectivity index (χ3v) is 3.14. The minimum absolute atomic E-state index is 0.0981. The van der Waals surface area contributed by atoms with E-state index in [1.165, 1.54) is 12.1 Å². The molecule has 106 valence electrons. The fraction of sp³-hybridized carbons (Fsp3) is 0.333. The van der Waals surface area contributed by atoms with E-state index in [-0.39, 0.29) is 5.02 Å². The Balaban J connectivity index is 2.46. The molecule has 1 heterocycles. The van der Waals surface area contributed by atoms with Crippen LogP contribution < -0.4 is 5.32 Å². The second-order valence-corrected chi connectivity index (χ2v) is 5.45. The summed E-state index contributed by atoms with van der Waals surface area (Å²) in [4.78, 5) is 8.87. The molecule has 0 bridgehead atoms. The average Bonchev–Trinajstić information content (AvgIpc) is 2.40. The molecule has 0 fully saturated rings. The van der Waals surface area contributed by atoms with Crippen LogP contribution in [0.15, 0.2) is 24.3 Å². The summed E-state index contributed by atoms with van der Waals surface area (Å²) in [6.07, 6.45) is 0.847. The van der Waals surface area contributed by atoms with E-state index in [0.717, 1.165) is 17.9 Å². The van der Waals surface area contributed by atoms with Crippen molar-refractivity contribution in [3.05, 3.63) is 40.8 Å². The van der Waals surface area contributed by atoms with Crippen LogP contribution in [-0.4, -0.2) is 17.0 Å². The summed E-state index contributed by atoms with van der Waals surface area (Å²) in [6.45, 7) is 4.26. The average molecular weight is 294 g/mol. The molecule has 1 aromatic carbocycles. The highest BCUT2D eigenvalue weighted by molar-refractivity contribution is 6.30. The Morgan fingerprint density at radius 3 is 2.60 bits per heavy atom. The lowest BCUT2D eigenvalue weighted by molar-refractivity contribution is 0.627. The Kier molecular flexibility index (Phi) is 4.55. The smallest absolute Gasteiger partial charge is 0.161 e. The predicted octanol–water partition coefficient (Wildman–Crippen LogP) is 4.18. The summed E-state index contributed by atoms with van der Waals surface area (Å²) >= 11 is 5.70. The van der Waals surface area contributed by atoms with E-state index in [0.29, 0.717) is 17.3 Å². The topological polar surface area (TPSA) is 37.8 Å². The van der Waals surface area contributed by atoms with Gasteiger partial charge in [-0.3, -0.25) is 0 Å². The van der Waals surface area contributed by atoms with Gasteiger partial charge < -0.3 is 5.32 Å². The van der Waals surface area contributed by atoms with Crippen molar-refractivity contribution in [2.75, 3.05) is 12.4 Å². The third-order valence-electron chi connectivity index (χ3n) is 2.83. The molecule has 0 unspecified atom stereocenters. The first-order valence-electron chi connectivity index (χ1n) is 6.50. The first-order chi connectivity index (χ1) is 9.49. The molecule has 0 saturated carbocycles. The fourth-order valence-corrected chi connectivity index (χ4v) is 2.03. The van der Waals surface area contributed by atoms with Crippen LogP contribution in [0.1, 0.15) is 19.5 Å². The largest absolute Gasteiger partial charge is 0.373 e. The number of aromatic nitrogens is 2. The molecule has 2 aromatic rings. The molecule has 0 aliphatic heterocycles. The maximum Gasteiger partial charge on any atom is 0.161 e. The van der Waals surface area contributed by atoms with Crippen molar-refractivity contribution in [2.45, 2.75) is 20.3 Å². The van der Waals surface area contributed by atoms with Crippen LogP contribution in [0.3, 0.4) is 0 Å². The summed E-state index contributed by atoms with van der Waals surface area (Å²) in [5.41, 5.74) is 1.55. The van der Waals surface area contributed by atoms with Crippen LogP contribution >= 0.6 is 11.6 Å².